The highest BCUT2D eigenvalue weighted by atomic mass is 16.5. The summed E-state index contributed by atoms with van der Waals surface area (Å²) >= 11 is 0. The van der Waals surface area contributed by atoms with Gasteiger partial charge in [0.15, 0.2) is 0 Å². The van der Waals surface area contributed by atoms with Gasteiger partial charge in [-0.25, -0.2) is 9.97 Å². The minimum atomic E-state index is 0.767. The van der Waals surface area contributed by atoms with Crippen molar-refractivity contribution in [2.75, 3.05) is 43.6 Å². The Morgan fingerprint density at radius 2 is 1.95 bits per heavy atom. The van der Waals surface area contributed by atoms with Crippen LogP contribution >= 0.6 is 0 Å². The Kier molecular flexibility index (Phi) is 7.89. The van der Waals surface area contributed by atoms with Gasteiger partial charge in [-0.1, -0.05) is 13.8 Å². The average molecular weight is 266 g/mol. The molecule has 0 radical (unpaired) electrons. The Balaban J connectivity index is 2.58. The summed E-state index contributed by atoms with van der Waals surface area (Å²) in [4.78, 5) is 10.9. The van der Waals surface area contributed by atoms with E-state index in [0.29, 0.717) is 0 Å². The van der Waals surface area contributed by atoms with Gasteiger partial charge in [0.05, 0.1) is 0 Å². The van der Waals surface area contributed by atoms with Gasteiger partial charge in [0, 0.05) is 39.4 Å². The summed E-state index contributed by atoms with van der Waals surface area (Å²) in [7, 11) is 1.72. The molecular weight excluding hydrogens is 240 g/mol. The zero-order valence-electron chi connectivity index (χ0n) is 12.4. The number of rotatable bonds is 10. The predicted octanol–water partition coefficient (Wildman–Crippen LogP) is 2.55. The number of hydrogen-bond donors (Lipinski definition) is 1. The van der Waals surface area contributed by atoms with Gasteiger partial charge < -0.3 is 15.0 Å². The van der Waals surface area contributed by atoms with Crippen LogP contribution in [-0.4, -0.2) is 43.3 Å². The summed E-state index contributed by atoms with van der Waals surface area (Å²) in [5.41, 5.74) is 0. The van der Waals surface area contributed by atoms with E-state index in [1.807, 2.05) is 6.07 Å². The van der Waals surface area contributed by atoms with Crippen LogP contribution in [0, 0.1) is 0 Å². The molecule has 0 aliphatic rings. The second kappa shape index (κ2) is 9.55. The molecule has 0 amide bonds. The smallest absolute Gasteiger partial charge is 0.134 e. The van der Waals surface area contributed by atoms with E-state index in [1.54, 1.807) is 13.4 Å². The highest BCUT2D eigenvalue weighted by Gasteiger charge is 2.07. The lowest BCUT2D eigenvalue weighted by Crippen LogP contribution is -2.26. The van der Waals surface area contributed by atoms with E-state index in [4.69, 9.17) is 4.74 Å². The maximum absolute atomic E-state index is 5.02. The van der Waals surface area contributed by atoms with E-state index in [1.165, 1.54) is 0 Å². The van der Waals surface area contributed by atoms with E-state index in [2.05, 4.69) is 34.0 Å². The van der Waals surface area contributed by atoms with Crippen molar-refractivity contribution in [3.05, 3.63) is 12.4 Å². The van der Waals surface area contributed by atoms with Crippen LogP contribution in [0.15, 0.2) is 12.4 Å². The molecule has 0 saturated heterocycles. The van der Waals surface area contributed by atoms with Gasteiger partial charge >= 0.3 is 0 Å². The van der Waals surface area contributed by atoms with Crippen LogP contribution in [-0.2, 0) is 4.74 Å². The molecule has 5 heteroatoms. The lowest BCUT2D eigenvalue weighted by molar-refractivity contribution is 0.198. The Hall–Kier alpha value is -1.36. The molecular formula is C14H26N4O. The van der Waals surface area contributed by atoms with Crippen LogP contribution in [0.3, 0.4) is 0 Å². The fraction of sp³-hybridized carbons (Fsp3) is 0.714. The van der Waals surface area contributed by atoms with Crippen molar-refractivity contribution in [1.29, 1.82) is 0 Å². The molecule has 0 fully saturated rings. The van der Waals surface area contributed by atoms with Gasteiger partial charge in [0.1, 0.15) is 18.0 Å². The van der Waals surface area contributed by atoms with Gasteiger partial charge in [0.2, 0.25) is 0 Å². The maximum Gasteiger partial charge on any atom is 0.134 e. The Labute approximate surface area is 116 Å². The van der Waals surface area contributed by atoms with E-state index < -0.39 is 0 Å². The average Bonchev–Trinajstić information content (AvgIpc) is 2.44. The number of nitrogens with one attached hydrogen (secondary N) is 1. The zero-order valence-corrected chi connectivity index (χ0v) is 12.4. The van der Waals surface area contributed by atoms with Gasteiger partial charge in [-0.15, -0.1) is 0 Å². The first-order valence-electron chi connectivity index (χ1n) is 7.11. The molecule has 1 aromatic heterocycles. The molecule has 0 aliphatic heterocycles. The summed E-state index contributed by atoms with van der Waals surface area (Å²) in [6.07, 6.45) is 4.86. The number of methoxy groups -OCH3 is 1. The van der Waals surface area contributed by atoms with Crippen LogP contribution in [0.2, 0.25) is 0 Å². The van der Waals surface area contributed by atoms with Crippen LogP contribution in [0.25, 0.3) is 0 Å². The molecule has 0 spiro atoms. The first-order valence-corrected chi connectivity index (χ1v) is 7.11. The number of ether oxygens (including phenoxy) is 1. The summed E-state index contributed by atoms with van der Waals surface area (Å²) < 4.78 is 5.02. The largest absolute Gasteiger partial charge is 0.385 e. The molecule has 108 valence electrons. The number of anilines is 2. The fourth-order valence-corrected chi connectivity index (χ4v) is 1.93. The molecule has 1 aromatic rings. The van der Waals surface area contributed by atoms with Crippen molar-refractivity contribution in [2.45, 2.75) is 33.1 Å². The number of aromatic nitrogens is 2. The minimum absolute atomic E-state index is 0.767. The molecule has 1 rings (SSSR count). The fourth-order valence-electron chi connectivity index (χ4n) is 1.93. The second-order valence-corrected chi connectivity index (χ2v) is 4.52. The van der Waals surface area contributed by atoms with Crippen molar-refractivity contribution >= 4 is 11.6 Å². The van der Waals surface area contributed by atoms with Gasteiger partial charge in [-0.05, 0) is 19.3 Å². The third-order valence-corrected chi connectivity index (χ3v) is 2.80. The Bertz CT molecular complexity index is 340. The van der Waals surface area contributed by atoms with Crippen molar-refractivity contribution < 1.29 is 4.74 Å². The lowest BCUT2D eigenvalue weighted by Gasteiger charge is -2.22. The molecule has 1 N–H and O–H groups in total. The Morgan fingerprint density at radius 3 is 2.58 bits per heavy atom. The minimum Gasteiger partial charge on any atom is -0.385 e. The van der Waals surface area contributed by atoms with Crippen LogP contribution in [0.4, 0.5) is 11.6 Å². The first-order chi connectivity index (χ1) is 9.31. The van der Waals surface area contributed by atoms with Crippen molar-refractivity contribution in [1.82, 2.24) is 9.97 Å². The highest BCUT2D eigenvalue weighted by Crippen LogP contribution is 2.14. The molecule has 5 nitrogen and oxygen atoms in total. The van der Waals surface area contributed by atoms with Crippen LogP contribution in [0.1, 0.15) is 33.1 Å². The summed E-state index contributed by atoms with van der Waals surface area (Å²) in [6.45, 7) is 8.08. The van der Waals surface area contributed by atoms with Gasteiger partial charge in [-0.3, -0.25) is 0 Å². The molecule has 0 unspecified atom stereocenters. The normalized spacial score (nSPS) is 10.5. The predicted molar refractivity (Wildman–Crippen MR) is 79.8 cm³/mol. The lowest BCUT2D eigenvalue weighted by atomic mass is 10.3. The monoisotopic (exact) mass is 266 g/mol. The van der Waals surface area contributed by atoms with Gasteiger partial charge in [-0.2, -0.15) is 0 Å². The summed E-state index contributed by atoms with van der Waals surface area (Å²) in [6, 6.07) is 2.03. The maximum atomic E-state index is 5.02. The van der Waals surface area contributed by atoms with E-state index in [0.717, 1.165) is 57.1 Å². The first kappa shape index (κ1) is 15.7. The quantitative estimate of drug-likeness (QED) is 0.660. The highest BCUT2D eigenvalue weighted by molar-refractivity contribution is 5.48. The van der Waals surface area contributed by atoms with E-state index in [9.17, 15) is 0 Å². The van der Waals surface area contributed by atoms with Crippen LogP contribution in [0.5, 0.6) is 0 Å². The van der Waals surface area contributed by atoms with E-state index in [-0.39, 0.29) is 0 Å². The number of nitrogens with zero attached hydrogens (tertiary/aromatic N) is 3. The SMILES string of the molecule is CCCN(CCC)c1cc(NCCCOC)ncn1. The molecule has 1 heterocycles. The molecule has 0 bridgehead atoms. The second-order valence-electron chi connectivity index (χ2n) is 4.52. The van der Waals surface area contributed by atoms with Gasteiger partial charge in [0.25, 0.3) is 0 Å². The van der Waals surface area contributed by atoms with Crippen molar-refractivity contribution in [3.8, 4) is 0 Å². The molecule has 0 aliphatic carbocycles. The standard InChI is InChI=1S/C14H26N4O/c1-4-8-18(9-5-2)14-11-13(16-12-17-14)15-7-6-10-19-3/h11-12H,4-10H2,1-3H3,(H,15,16,17). The topological polar surface area (TPSA) is 50.3 Å². The molecule has 19 heavy (non-hydrogen) atoms. The third kappa shape index (κ3) is 5.87. The van der Waals surface area contributed by atoms with Crippen LogP contribution < -0.4 is 10.2 Å². The molecule has 0 atom stereocenters. The van der Waals surface area contributed by atoms with Crippen molar-refractivity contribution in [3.63, 3.8) is 0 Å². The number of hydrogen-bond acceptors (Lipinski definition) is 5. The molecule has 0 aromatic carbocycles. The zero-order chi connectivity index (χ0) is 13.9. The van der Waals surface area contributed by atoms with Crippen molar-refractivity contribution in [2.24, 2.45) is 0 Å². The Morgan fingerprint density at radius 1 is 1.21 bits per heavy atom. The molecule has 0 saturated carbocycles. The van der Waals surface area contributed by atoms with E-state index >= 15 is 0 Å². The third-order valence-electron chi connectivity index (χ3n) is 2.80. The summed E-state index contributed by atoms with van der Waals surface area (Å²) in [5, 5.41) is 3.30. The summed E-state index contributed by atoms with van der Waals surface area (Å²) in [5.74, 6) is 1.89.